The van der Waals surface area contributed by atoms with E-state index < -0.39 is 0 Å². The zero-order valence-corrected chi connectivity index (χ0v) is 10.9. The summed E-state index contributed by atoms with van der Waals surface area (Å²) in [5.74, 6) is 0.00435. The molecular weight excluding hydrogens is 268 g/mol. The Kier molecular flexibility index (Phi) is 3.64. The van der Waals surface area contributed by atoms with Gasteiger partial charge in [-0.25, -0.2) is 0 Å². The fourth-order valence-corrected chi connectivity index (χ4v) is 2.59. The lowest BCUT2D eigenvalue weighted by Crippen LogP contribution is -2.24. The summed E-state index contributed by atoms with van der Waals surface area (Å²) in [4.78, 5) is 11.6. The van der Waals surface area contributed by atoms with Gasteiger partial charge in [-0.3, -0.25) is 4.79 Å². The van der Waals surface area contributed by atoms with Crippen molar-refractivity contribution in [1.82, 2.24) is 0 Å². The van der Waals surface area contributed by atoms with E-state index in [2.05, 4.69) is 28.1 Å². The predicted molar refractivity (Wildman–Crippen MR) is 66.3 cm³/mol. The molecule has 0 amide bonds. The molecule has 0 bridgehead atoms. The number of halogens is 1. The van der Waals surface area contributed by atoms with Crippen LogP contribution in [0.15, 0.2) is 22.7 Å². The van der Waals surface area contributed by atoms with Crippen LogP contribution in [0.5, 0.6) is 0 Å². The van der Waals surface area contributed by atoms with Crippen LogP contribution in [0.2, 0.25) is 0 Å². The molecule has 0 saturated carbocycles. The van der Waals surface area contributed by atoms with Gasteiger partial charge in [0.2, 0.25) is 0 Å². The second-order valence-electron chi connectivity index (χ2n) is 4.10. The Hall–Kier alpha value is -0.830. The topological polar surface area (TPSA) is 26.3 Å². The molecule has 3 heteroatoms. The van der Waals surface area contributed by atoms with Crippen molar-refractivity contribution >= 4 is 21.9 Å². The molecule has 0 unspecified atom stereocenters. The quantitative estimate of drug-likeness (QED) is 0.779. The Labute approximate surface area is 104 Å². The summed E-state index contributed by atoms with van der Waals surface area (Å²) in [5, 5.41) is 0. The molecule has 16 heavy (non-hydrogen) atoms. The minimum absolute atomic E-state index is 0.0453. The molecule has 86 valence electrons. The molecule has 1 aliphatic rings. The van der Waals surface area contributed by atoms with E-state index in [4.69, 9.17) is 4.74 Å². The lowest BCUT2D eigenvalue weighted by Gasteiger charge is -2.23. The Balaban J connectivity index is 2.12. The molecule has 1 aromatic rings. The van der Waals surface area contributed by atoms with Gasteiger partial charge in [0.15, 0.2) is 0 Å². The Morgan fingerprint density at radius 2 is 2.31 bits per heavy atom. The summed E-state index contributed by atoms with van der Waals surface area (Å²) in [7, 11) is 0. The number of carbonyl (C=O) groups is 1. The highest BCUT2D eigenvalue weighted by Gasteiger charge is 2.25. The molecule has 0 spiro atoms. The first-order valence-electron chi connectivity index (χ1n) is 5.64. The highest BCUT2D eigenvalue weighted by atomic mass is 79.9. The van der Waals surface area contributed by atoms with Gasteiger partial charge in [-0.15, -0.1) is 0 Å². The Morgan fingerprint density at radius 3 is 3.06 bits per heavy atom. The van der Waals surface area contributed by atoms with Crippen LogP contribution in [0.3, 0.4) is 0 Å². The number of hydrogen-bond donors (Lipinski definition) is 0. The number of fused-ring (bicyclic) bond motifs is 1. The maximum Gasteiger partial charge on any atom is 0.309 e. The van der Waals surface area contributed by atoms with E-state index in [9.17, 15) is 4.79 Å². The summed E-state index contributed by atoms with van der Waals surface area (Å²) < 4.78 is 6.18. The van der Waals surface area contributed by atoms with E-state index in [1.165, 1.54) is 11.1 Å². The lowest BCUT2D eigenvalue weighted by atomic mass is 9.84. The average molecular weight is 283 g/mol. The Bertz CT molecular complexity index is 401. The van der Waals surface area contributed by atoms with Gasteiger partial charge in [0.05, 0.1) is 12.5 Å². The maximum absolute atomic E-state index is 11.6. The SMILES string of the molecule is CCOC(=O)[C@H]1CCc2cc(Br)ccc2C1. The summed E-state index contributed by atoms with van der Waals surface area (Å²) in [6, 6.07) is 6.29. The number of esters is 1. The first-order valence-corrected chi connectivity index (χ1v) is 6.44. The van der Waals surface area contributed by atoms with Gasteiger partial charge in [0.25, 0.3) is 0 Å². The number of ether oxygens (including phenoxy) is 1. The van der Waals surface area contributed by atoms with Gasteiger partial charge in [-0.05, 0) is 49.4 Å². The number of rotatable bonds is 2. The van der Waals surface area contributed by atoms with Gasteiger partial charge < -0.3 is 4.74 Å². The molecule has 1 atom stereocenters. The third-order valence-electron chi connectivity index (χ3n) is 3.02. The van der Waals surface area contributed by atoms with Crippen LogP contribution >= 0.6 is 15.9 Å². The maximum atomic E-state index is 11.6. The number of benzene rings is 1. The van der Waals surface area contributed by atoms with Gasteiger partial charge in [-0.1, -0.05) is 22.0 Å². The zero-order chi connectivity index (χ0) is 11.5. The van der Waals surface area contributed by atoms with Gasteiger partial charge >= 0.3 is 5.97 Å². The van der Waals surface area contributed by atoms with Crippen molar-refractivity contribution in [2.75, 3.05) is 6.61 Å². The monoisotopic (exact) mass is 282 g/mol. The summed E-state index contributed by atoms with van der Waals surface area (Å²) in [6.45, 7) is 2.33. The van der Waals surface area contributed by atoms with Crippen LogP contribution in [0, 0.1) is 5.92 Å². The second-order valence-corrected chi connectivity index (χ2v) is 5.02. The van der Waals surface area contributed by atoms with E-state index in [1.54, 1.807) is 0 Å². The van der Waals surface area contributed by atoms with E-state index in [1.807, 2.05) is 13.0 Å². The highest BCUT2D eigenvalue weighted by Crippen LogP contribution is 2.28. The summed E-state index contributed by atoms with van der Waals surface area (Å²) in [6.07, 6.45) is 2.70. The predicted octanol–water partition coefficient (Wildman–Crippen LogP) is 3.12. The first-order chi connectivity index (χ1) is 7.70. The third kappa shape index (κ3) is 2.46. The van der Waals surface area contributed by atoms with Crippen molar-refractivity contribution < 1.29 is 9.53 Å². The molecule has 1 aromatic carbocycles. The highest BCUT2D eigenvalue weighted by molar-refractivity contribution is 9.10. The van der Waals surface area contributed by atoms with Crippen molar-refractivity contribution in [3.63, 3.8) is 0 Å². The van der Waals surface area contributed by atoms with Crippen LogP contribution in [0.4, 0.5) is 0 Å². The van der Waals surface area contributed by atoms with Crippen LogP contribution in [0.25, 0.3) is 0 Å². The van der Waals surface area contributed by atoms with Crippen molar-refractivity contribution in [2.45, 2.75) is 26.2 Å². The van der Waals surface area contributed by atoms with E-state index in [0.29, 0.717) is 6.61 Å². The fourth-order valence-electron chi connectivity index (χ4n) is 2.18. The van der Waals surface area contributed by atoms with E-state index in [-0.39, 0.29) is 11.9 Å². The summed E-state index contributed by atoms with van der Waals surface area (Å²) in [5.41, 5.74) is 2.64. The fraction of sp³-hybridized carbons (Fsp3) is 0.462. The first kappa shape index (κ1) is 11.6. The van der Waals surface area contributed by atoms with Gasteiger partial charge in [0, 0.05) is 4.47 Å². The molecule has 0 fully saturated rings. The molecule has 0 heterocycles. The second kappa shape index (κ2) is 5.00. The standard InChI is InChI=1S/C13H15BrO2/c1-2-16-13(15)11-4-3-10-8-12(14)6-5-9(10)7-11/h5-6,8,11H,2-4,7H2,1H3/t11-/m0/s1. The minimum Gasteiger partial charge on any atom is -0.466 e. The summed E-state index contributed by atoms with van der Waals surface area (Å²) >= 11 is 3.47. The molecule has 1 aliphatic carbocycles. The van der Waals surface area contributed by atoms with Gasteiger partial charge in [0.1, 0.15) is 0 Å². The molecule has 0 saturated heterocycles. The molecular formula is C13H15BrO2. The number of carbonyl (C=O) groups excluding carboxylic acids is 1. The molecule has 0 aliphatic heterocycles. The molecule has 2 nitrogen and oxygen atoms in total. The zero-order valence-electron chi connectivity index (χ0n) is 9.33. The smallest absolute Gasteiger partial charge is 0.309 e. The normalized spacial score (nSPS) is 19.0. The van der Waals surface area contributed by atoms with Crippen molar-refractivity contribution in [1.29, 1.82) is 0 Å². The van der Waals surface area contributed by atoms with Crippen molar-refractivity contribution in [2.24, 2.45) is 5.92 Å². The van der Waals surface area contributed by atoms with Crippen LogP contribution < -0.4 is 0 Å². The average Bonchev–Trinajstić information content (AvgIpc) is 2.28. The van der Waals surface area contributed by atoms with Crippen LogP contribution in [-0.4, -0.2) is 12.6 Å². The molecule has 0 aromatic heterocycles. The van der Waals surface area contributed by atoms with Crippen molar-refractivity contribution in [3.05, 3.63) is 33.8 Å². The number of aryl methyl sites for hydroxylation is 1. The van der Waals surface area contributed by atoms with Crippen LogP contribution in [-0.2, 0) is 22.4 Å². The van der Waals surface area contributed by atoms with Gasteiger partial charge in [-0.2, -0.15) is 0 Å². The largest absolute Gasteiger partial charge is 0.466 e. The molecule has 2 rings (SSSR count). The third-order valence-corrected chi connectivity index (χ3v) is 3.51. The Morgan fingerprint density at radius 1 is 1.50 bits per heavy atom. The molecule has 0 radical (unpaired) electrons. The number of hydrogen-bond acceptors (Lipinski definition) is 2. The van der Waals surface area contributed by atoms with E-state index in [0.717, 1.165) is 23.7 Å². The lowest BCUT2D eigenvalue weighted by molar-refractivity contribution is -0.148. The molecule has 0 N–H and O–H groups in total. The van der Waals surface area contributed by atoms with Crippen molar-refractivity contribution in [3.8, 4) is 0 Å². The van der Waals surface area contributed by atoms with Crippen LogP contribution in [0.1, 0.15) is 24.5 Å². The minimum atomic E-state index is -0.0453. The van der Waals surface area contributed by atoms with E-state index >= 15 is 0 Å².